The van der Waals surface area contributed by atoms with E-state index < -0.39 is 0 Å². The summed E-state index contributed by atoms with van der Waals surface area (Å²) >= 11 is 0. The summed E-state index contributed by atoms with van der Waals surface area (Å²) in [5.41, 5.74) is 7.38. The first-order valence-electron chi connectivity index (χ1n) is 8.82. The minimum Gasteiger partial charge on any atom is -0.337 e. The zero-order valence-corrected chi connectivity index (χ0v) is 14.2. The molecule has 3 aromatic heterocycles. The number of aryl methyl sites for hydroxylation is 1. The Hall–Kier alpha value is -2.48. The molecule has 2 aliphatic rings. The summed E-state index contributed by atoms with van der Waals surface area (Å²) in [6, 6.07) is 2.40. The van der Waals surface area contributed by atoms with Gasteiger partial charge < -0.3 is 14.9 Å². The molecule has 0 atom stereocenters. The van der Waals surface area contributed by atoms with E-state index in [2.05, 4.69) is 19.9 Å². The monoisotopic (exact) mass is 339 g/mol. The second kappa shape index (κ2) is 5.26. The van der Waals surface area contributed by atoms with Gasteiger partial charge in [0.05, 0.1) is 18.3 Å². The summed E-state index contributed by atoms with van der Waals surface area (Å²) in [4.78, 5) is 12.1. The molecule has 8 heteroatoms. The van der Waals surface area contributed by atoms with Gasteiger partial charge in [-0.1, -0.05) is 0 Å². The molecule has 2 saturated carbocycles. The van der Waals surface area contributed by atoms with Crippen molar-refractivity contribution in [3.8, 4) is 0 Å². The Morgan fingerprint density at radius 1 is 1.28 bits per heavy atom. The maximum atomic E-state index is 12.1. The van der Waals surface area contributed by atoms with Crippen molar-refractivity contribution in [2.45, 2.75) is 50.2 Å². The third-order valence-corrected chi connectivity index (χ3v) is 5.42. The second-order valence-corrected chi connectivity index (χ2v) is 7.31. The fourth-order valence-corrected chi connectivity index (χ4v) is 3.86. The molecular formula is C17H21N7O. The third-order valence-electron chi connectivity index (χ3n) is 5.42. The predicted octanol–water partition coefficient (Wildman–Crippen LogP) is 0.914. The van der Waals surface area contributed by atoms with Crippen molar-refractivity contribution in [3.63, 3.8) is 0 Å². The van der Waals surface area contributed by atoms with E-state index in [1.165, 1.54) is 12.8 Å². The van der Waals surface area contributed by atoms with E-state index in [0.717, 1.165) is 30.0 Å². The Bertz CT molecular complexity index is 1000. The average Bonchev–Trinajstić information content (AvgIpc) is 3.20. The molecule has 2 N–H and O–H groups in total. The van der Waals surface area contributed by atoms with E-state index in [9.17, 15) is 4.79 Å². The van der Waals surface area contributed by atoms with Gasteiger partial charge in [0.15, 0.2) is 5.82 Å². The highest BCUT2D eigenvalue weighted by atomic mass is 16.1. The van der Waals surface area contributed by atoms with Crippen molar-refractivity contribution in [1.29, 1.82) is 0 Å². The van der Waals surface area contributed by atoms with Crippen LogP contribution in [0.4, 0.5) is 0 Å². The summed E-state index contributed by atoms with van der Waals surface area (Å²) in [6.07, 6.45) is 7.91. The van der Waals surface area contributed by atoms with Gasteiger partial charge >= 0.3 is 0 Å². The fourth-order valence-electron chi connectivity index (χ4n) is 3.86. The van der Waals surface area contributed by atoms with Crippen LogP contribution in [0.1, 0.15) is 49.3 Å². The first-order chi connectivity index (χ1) is 12.1. The van der Waals surface area contributed by atoms with Gasteiger partial charge in [0.2, 0.25) is 5.43 Å². The van der Waals surface area contributed by atoms with Crippen molar-refractivity contribution < 1.29 is 0 Å². The van der Waals surface area contributed by atoms with Crippen molar-refractivity contribution in [1.82, 2.24) is 29.1 Å². The van der Waals surface area contributed by atoms with Crippen LogP contribution in [0.5, 0.6) is 0 Å². The van der Waals surface area contributed by atoms with Crippen LogP contribution in [0, 0.1) is 0 Å². The van der Waals surface area contributed by atoms with Gasteiger partial charge in [-0.2, -0.15) is 5.10 Å². The van der Waals surface area contributed by atoms with Crippen LogP contribution in [0.2, 0.25) is 0 Å². The number of rotatable bonds is 4. The smallest absolute Gasteiger partial charge is 0.207 e. The average molecular weight is 339 g/mol. The van der Waals surface area contributed by atoms with Crippen molar-refractivity contribution in [2.75, 3.05) is 0 Å². The molecule has 3 aromatic rings. The number of fused-ring (bicyclic) bond motifs is 1. The predicted molar refractivity (Wildman–Crippen MR) is 92.3 cm³/mol. The van der Waals surface area contributed by atoms with Crippen molar-refractivity contribution in [3.05, 3.63) is 40.3 Å². The van der Waals surface area contributed by atoms with E-state index >= 15 is 0 Å². The number of hydrogen-bond donors (Lipinski definition) is 1. The molecule has 25 heavy (non-hydrogen) atoms. The molecule has 0 spiro atoms. The highest BCUT2D eigenvalue weighted by molar-refractivity contribution is 5.74. The maximum Gasteiger partial charge on any atom is 0.207 e. The van der Waals surface area contributed by atoms with Gasteiger partial charge in [-0.05, 0) is 25.7 Å². The van der Waals surface area contributed by atoms with Crippen LogP contribution in [-0.4, -0.2) is 35.2 Å². The molecular weight excluding hydrogens is 318 g/mol. The Morgan fingerprint density at radius 2 is 2.08 bits per heavy atom. The number of nitrogens with two attached hydrogens (primary N) is 1. The lowest BCUT2D eigenvalue weighted by Crippen LogP contribution is -2.36. The largest absolute Gasteiger partial charge is 0.337 e. The van der Waals surface area contributed by atoms with E-state index in [1.54, 1.807) is 24.0 Å². The zero-order chi connectivity index (χ0) is 17.1. The first-order valence-corrected chi connectivity index (χ1v) is 8.82. The lowest BCUT2D eigenvalue weighted by Gasteiger charge is -2.32. The topological polar surface area (TPSA) is 96.5 Å². The quantitative estimate of drug-likeness (QED) is 0.762. The van der Waals surface area contributed by atoms with E-state index in [4.69, 9.17) is 5.73 Å². The molecule has 0 aliphatic heterocycles. The summed E-state index contributed by atoms with van der Waals surface area (Å²) < 4.78 is 5.97. The summed E-state index contributed by atoms with van der Waals surface area (Å²) in [5, 5.41) is 13.2. The highest BCUT2D eigenvalue weighted by Crippen LogP contribution is 2.42. The molecule has 0 bridgehead atoms. The standard InChI is InChI=1S/C17H21N7O/c1-22-16-13(8-19-22)23(5-4-14(16)25)9-15-20-21-17(10-6-11(18)7-10)24(15)12-2-3-12/h4-5,8,10-12H,2-3,6-7,9,18H2,1H3. The number of nitrogens with zero attached hydrogens (tertiary/aromatic N) is 6. The van der Waals surface area contributed by atoms with Crippen molar-refractivity contribution >= 4 is 11.0 Å². The first kappa shape index (κ1) is 14.8. The summed E-state index contributed by atoms with van der Waals surface area (Å²) in [6.45, 7) is 0.588. The van der Waals surface area contributed by atoms with Crippen LogP contribution in [-0.2, 0) is 13.6 Å². The number of pyridine rings is 1. The molecule has 0 saturated heterocycles. The normalized spacial score (nSPS) is 23.1. The minimum absolute atomic E-state index is 0.0148. The number of aromatic nitrogens is 6. The molecule has 0 unspecified atom stereocenters. The molecule has 5 rings (SSSR count). The van der Waals surface area contributed by atoms with Crippen molar-refractivity contribution in [2.24, 2.45) is 12.8 Å². The molecule has 8 nitrogen and oxygen atoms in total. The highest BCUT2D eigenvalue weighted by Gasteiger charge is 2.36. The van der Waals surface area contributed by atoms with Gasteiger partial charge in [0, 0.05) is 37.3 Å². The fraction of sp³-hybridized carbons (Fsp3) is 0.529. The van der Waals surface area contributed by atoms with Crippen LogP contribution >= 0.6 is 0 Å². The van der Waals surface area contributed by atoms with E-state index in [0.29, 0.717) is 30.1 Å². The molecule has 0 radical (unpaired) electrons. The molecule has 130 valence electrons. The third kappa shape index (κ3) is 2.31. The van der Waals surface area contributed by atoms with Gasteiger partial charge in [0.1, 0.15) is 11.3 Å². The Kier molecular flexibility index (Phi) is 3.12. The van der Waals surface area contributed by atoms with Gasteiger partial charge in [-0.3, -0.25) is 9.48 Å². The maximum absolute atomic E-state index is 12.1. The molecule has 2 fully saturated rings. The zero-order valence-electron chi connectivity index (χ0n) is 14.2. The Morgan fingerprint density at radius 3 is 2.80 bits per heavy atom. The SMILES string of the molecule is Cn1ncc2c1c(=O)ccn2Cc1nnc(C2CC(N)C2)n1C1CC1. The minimum atomic E-state index is -0.0148. The number of hydrogen-bond acceptors (Lipinski definition) is 5. The second-order valence-electron chi connectivity index (χ2n) is 7.31. The Labute approximate surface area is 144 Å². The van der Waals surface area contributed by atoms with Gasteiger partial charge in [-0.25, -0.2) is 0 Å². The van der Waals surface area contributed by atoms with Crippen LogP contribution in [0.3, 0.4) is 0 Å². The van der Waals surface area contributed by atoms with Crippen LogP contribution in [0.15, 0.2) is 23.3 Å². The van der Waals surface area contributed by atoms with E-state index in [-0.39, 0.29) is 5.43 Å². The molecule has 2 aliphatic carbocycles. The van der Waals surface area contributed by atoms with Gasteiger partial charge in [-0.15, -0.1) is 10.2 Å². The van der Waals surface area contributed by atoms with Crippen LogP contribution in [0.25, 0.3) is 11.0 Å². The lowest BCUT2D eigenvalue weighted by molar-refractivity contribution is 0.327. The van der Waals surface area contributed by atoms with E-state index in [1.807, 2.05) is 10.8 Å². The lowest BCUT2D eigenvalue weighted by atomic mass is 9.80. The summed E-state index contributed by atoms with van der Waals surface area (Å²) in [7, 11) is 1.79. The Balaban J connectivity index is 1.55. The van der Waals surface area contributed by atoms with Crippen LogP contribution < -0.4 is 11.2 Å². The molecule has 0 amide bonds. The molecule has 0 aromatic carbocycles. The summed E-state index contributed by atoms with van der Waals surface area (Å²) in [5.74, 6) is 2.47. The molecule has 3 heterocycles. The van der Waals surface area contributed by atoms with Gasteiger partial charge in [0.25, 0.3) is 0 Å².